The predicted molar refractivity (Wildman–Crippen MR) is 178 cm³/mol. The quantitative estimate of drug-likeness (QED) is 0.106. The number of tetrazole rings is 1. The predicted octanol–water partition coefficient (Wildman–Crippen LogP) is 8.87. The third kappa shape index (κ3) is 8.75. The number of pyridine rings is 1. The first-order chi connectivity index (χ1) is 24.7. The number of alkyl halides is 6. The van der Waals surface area contributed by atoms with E-state index in [1.165, 1.54) is 11.9 Å². The summed E-state index contributed by atoms with van der Waals surface area (Å²) in [5.41, 5.74) is -2.46. The Morgan fingerprint density at radius 1 is 0.865 bits per heavy atom. The summed E-state index contributed by atoms with van der Waals surface area (Å²) in [5.74, 6) is -0.891. The fourth-order valence-electron chi connectivity index (χ4n) is 7.48. The number of aryl methyl sites for hydroxylation is 1. The van der Waals surface area contributed by atoms with Gasteiger partial charge in [-0.15, -0.1) is 5.10 Å². The number of ether oxygens (including phenoxy) is 1. The summed E-state index contributed by atoms with van der Waals surface area (Å²) < 4.78 is 118. The minimum absolute atomic E-state index is 0.0535. The summed E-state index contributed by atoms with van der Waals surface area (Å²) >= 11 is 0. The average molecular weight is 740 g/mol. The molecule has 52 heavy (non-hydrogen) atoms. The third-order valence-electron chi connectivity index (χ3n) is 10.1. The number of unbranched alkanes of at least 4 members (excludes halogenated alkanes) is 1. The van der Waals surface area contributed by atoms with Crippen molar-refractivity contribution in [3.05, 3.63) is 70.3 Å². The molecule has 0 radical (unpaired) electrons. The van der Waals surface area contributed by atoms with Crippen molar-refractivity contribution in [2.24, 2.45) is 18.9 Å². The van der Waals surface area contributed by atoms with Crippen LogP contribution in [0.15, 0.2) is 36.4 Å². The molecule has 1 aliphatic carbocycles. The normalized spacial score (nSPS) is 19.9. The SMILES string of the molecule is CCCCOCC1CCC(C2CCCN2c2nc3cc(F)c(F)cc3cc2CN(Cc2cc(C(F)(F)F)cc(C(F)(F)F)c2)c2nnn(C)n2)CC1. The number of aromatic nitrogens is 5. The van der Waals surface area contributed by atoms with E-state index in [4.69, 9.17) is 9.72 Å². The monoisotopic (exact) mass is 739 g/mol. The first-order valence-electron chi connectivity index (χ1n) is 17.6. The summed E-state index contributed by atoms with van der Waals surface area (Å²) in [6, 6.07) is 5.18. The molecule has 1 atom stereocenters. The van der Waals surface area contributed by atoms with Gasteiger partial charge in [0.1, 0.15) is 5.82 Å². The smallest absolute Gasteiger partial charge is 0.381 e. The van der Waals surface area contributed by atoms with E-state index < -0.39 is 41.7 Å². The molecule has 282 valence electrons. The summed E-state index contributed by atoms with van der Waals surface area (Å²) in [4.78, 5) is 9.54. The molecule has 2 aromatic carbocycles. The number of halogens is 8. The molecule has 0 bridgehead atoms. The molecule has 2 aliphatic rings. The summed E-state index contributed by atoms with van der Waals surface area (Å²) in [5, 5.41) is 12.4. The highest BCUT2D eigenvalue weighted by Crippen LogP contribution is 2.41. The lowest BCUT2D eigenvalue weighted by atomic mass is 9.78. The zero-order chi connectivity index (χ0) is 37.2. The van der Waals surface area contributed by atoms with Crippen molar-refractivity contribution < 1.29 is 39.9 Å². The summed E-state index contributed by atoms with van der Waals surface area (Å²) in [6.07, 6.45) is -2.20. The molecule has 0 spiro atoms. The van der Waals surface area contributed by atoms with Gasteiger partial charge in [0.2, 0.25) is 0 Å². The van der Waals surface area contributed by atoms with E-state index in [1.807, 2.05) is 0 Å². The molecule has 1 unspecified atom stereocenters. The second-order valence-electron chi connectivity index (χ2n) is 13.9. The molecule has 16 heteroatoms. The lowest BCUT2D eigenvalue weighted by Gasteiger charge is -2.38. The fraction of sp³-hybridized carbons (Fsp3) is 0.556. The molecule has 2 fully saturated rings. The first-order valence-corrected chi connectivity index (χ1v) is 17.6. The van der Waals surface area contributed by atoms with E-state index in [9.17, 15) is 35.1 Å². The molecule has 1 saturated heterocycles. The van der Waals surface area contributed by atoms with Crippen LogP contribution < -0.4 is 9.80 Å². The van der Waals surface area contributed by atoms with Crippen LogP contribution in [0.2, 0.25) is 0 Å². The van der Waals surface area contributed by atoms with Crippen molar-refractivity contribution in [1.29, 1.82) is 0 Å². The Hall–Kier alpha value is -4.08. The van der Waals surface area contributed by atoms with E-state index >= 15 is 0 Å². The number of fused-ring (bicyclic) bond motifs is 1. The molecular formula is C36H41F8N7O. The summed E-state index contributed by atoms with van der Waals surface area (Å²) in [7, 11) is 1.47. The molecule has 3 heterocycles. The number of anilines is 2. The van der Waals surface area contributed by atoms with Gasteiger partial charge in [0.15, 0.2) is 11.6 Å². The van der Waals surface area contributed by atoms with Crippen molar-refractivity contribution in [2.75, 3.05) is 29.6 Å². The maximum absolute atomic E-state index is 14.5. The van der Waals surface area contributed by atoms with Gasteiger partial charge in [-0.25, -0.2) is 13.8 Å². The van der Waals surface area contributed by atoms with Crippen LogP contribution in [-0.2, 0) is 37.2 Å². The van der Waals surface area contributed by atoms with E-state index in [1.54, 1.807) is 6.07 Å². The Balaban J connectivity index is 1.35. The zero-order valence-corrected chi connectivity index (χ0v) is 29.0. The van der Waals surface area contributed by atoms with Crippen LogP contribution in [0.25, 0.3) is 10.9 Å². The van der Waals surface area contributed by atoms with Crippen LogP contribution in [0.3, 0.4) is 0 Å². The Morgan fingerprint density at radius 2 is 1.56 bits per heavy atom. The highest BCUT2D eigenvalue weighted by molar-refractivity contribution is 5.82. The number of nitrogens with zero attached hydrogens (tertiary/aromatic N) is 7. The Morgan fingerprint density at radius 3 is 2.19 bits per heavy atom. The van der Waals surface area contributed by atoms with Crippen molar-refractivity contribution in [3.8, 4) is 0 Å². The van der Waals surface area contributed by atoms with Crippen molar-refractivity contribution in [3.63, 3.8) is 0 Å². The average Bonchev–Trinajstić information content (AvgIpc) is 3.76. The number of benzene rings is 2. The molecule has 0 amide bonds. The van der Waals surface area contributed by atoms with E-state index in [-0.39, 0.29) is 41.1 Å². The highest BCUT2D eigenvalue weighted by Gasteiger charge is 2.38. The van der Waals surface area contributed by atoms with E-state index in [0.29, 0.717) is 41.9 Å². The second kappa shape index (κ2) is 15.5. The van der Waals surface area contributed by atoms with Gasteiger partial charge in [-0.2, -0.15) is 31.1 Å². The molecule has 1 saturated carbocycles. The topological polar surface area (TPSA) is 72.2 Å². The molecule has 6 rings (SSSR count). The third-order valence-corrected chi connectivity index (χ3v) is 10.1. The lowest BCUT2D eigenvalue weighted by Crippen LogP contribution is -2.39. The Bertz CT molecular complexity index is 1810. The highest BCUT2D eigenvalue weighted by atomic mass is 19.4. The Kier molecular flexibility index (Phi) is 11.2. The van der Waals surface area contributed by atoms with Gasteiger partial charge < -0.3 is 14.5 Å². The van der Waals surface area contributed by atoms with Crippen LogP contribution >= 0.6 is 0 Å². The van der Waals surface area contributed by atoms with Gasteiger partial charge in [-0.3, -0.25) is 0 Å². The molecule has 0 N–H and O–H groups in total. The van der Waals surface area contributed by atoms with Gasteiger partial charge in [0.25, 0.3) is 5.95 Å². The minimum Gasteiger partial charge on any atom is -0.381 e. The molecular weight excluding hydrogens is 698 g/mol. The van der Waals surface area contributed by atoms with Crippen LogP contribution in [-0.4, -0.2) is 51.0 Å². The van der Waals surface area contributed by atoms with Gasteiger partial charge in [0.05, 0.1) is 23.7 Å². The molecule has 2 aromatic heterocycles. The van der Waals surface area contributed by atoms with Crippen LogP contribution in [0, 0.1) is 23.5 Å². The van der Waals surface area contributed by atoms with E-state index in [0.717, 1.165) is 81.5 Å². The Labute approximate surface area is 296 Å². The fourth-order valence-corrected chi connectivity index (χ4v) is 7.48. The van der Waals surface area contributed by atoms with Crippen LogP contribution in [0.4, 0.5) is 46.9 Å². The van der Waals surface area contributed by atoms with Crippen LogP contribution in [0.1, 0.15) is 80.5 Å². The second-order valence-corrected chi connectivity index (χ2v) is 13.9. The molecule has 8 nitrogen and oxygen atoms in total. The largest absolute Gasteiger partial charge is 0.416 e. The number of rotatable bonds is 12. The molecule has 4 aromatic rings. The van der Waals surface area contributed by atoms with Crippen LogP contribution in [0.5, 0.6) is 0 Å². The molecule has 1 aliphatic heterocycles. The lowest BCUT2D eigenvalue weighted by molar-refractivity contribution is -0.143. The van der Waals surface area contributed by atoms with Gasteiger partial charge in [0, 0.05) is 55.9 Å². The number of hydrogen-bond donors (Lipinski definition) is 0. The maximum Gasteiger partial charge on any atom is 0.416 e. The standard InChI is InChI=1S/C36H41F8N7O/c1-3-4-12-52-21-22-7-9-24(10-8-22)32-6-5-11-51(32)33-26(15-25-16-29(37)30(38)18-31(25)45-33)20-50(34-46-48-49(2)47-34)19-23-13-27(35(39,40)41)17-28(14-23)36(42,43)44/h13-18,22,24,32H,3-12,19-21H2,1-2H3. The zero-order valence-electron chi connectivity index (χ0n) is 29.0. The van der Waals surface area contributed by atoms with Crippen molar-refractivity contribution in [1.82, 2.24) is 25.2 Å². The minimum atomic E-state index is -5.04. The van der Waals surface area contributed by atoms with Gasteiger partial charge >= 0.3 is 12.4 Å². The first kappa shape index (κ1) is 37.7. The van der Waals surface area contributed by atoms with Gasteiger partial charge in [-0.05, 0) is 97.9 Å². The maximum atomic E-state index is 14.5. The summed E-state index contributed by atoms with van der Waals surface area (Å²) in [6.45, 7) is 3.66. The van der Waals surface area contributed by atoms with Gasteiger partial charge in [-0.1, -0.05) is 18.4 Å². The van der Waals surface area contributed by atoms with E-state index in [2.05, 4.69) is 27.2 Å². The number of hydrogen-bond acceptors (Lipinski definition) is 7. The van der Waals surface area contributed by atoms with Crippen molar-refractivity contribution in [2.45, 2.75) is 89.8 Å². The van der Waals surface area contributed by atoms with Crippen molar-refractivity contribution >= 4 is 22.7 Å².